The van der Waals surface area contributed by atoms with E-state index in [2.05, 4.69) is 46.7 Å². The van der Waals surface area contributed by atoms with E-state index >= 15 is 0 Å². The van der Waals surface area contributed by atoms with Gasteiger partial charge in [0.05, 0.1) is 25.2 Å². The van der Waals surface area contributed by atoms with Gasteiger partial charge in [0.25, 0.3) is 0 Å². The van der Waals surface area contributed by atoms with Gasteiger partial charge in [0.15, 0.2) is 16.7 Å². The van der Waals surface area contributed by atoms with E-state index in [9.17, 15) is 4.79 Å². The van der Waals surface area contributed by atoms with Gasteiger partial charge in [-0.05, 0) is 49.1 Å². The fourth-order valence-electron chi connectivity index (χ4n) is 2.88. The third-order valence-corrected chi connectivity index (χ3v) is 5.69. The quantitative estimate of drug-likeness (QED) is 0.368. The number of methoxy groups -OCH3 is 1. The van der Waals surface area contributed by atoms with Crippen molar-refractivity contribution in [3.63, 3.8) is 0 Å². The van der Waals surface area contributed by atoms with Crippen LogP contribution in [0.15, 0.2) is 52.7 Å². The number of amidine groups is 1. The van der Waals surface area contributed by atoms with Crippen molar-refractivity contribution in [2.45, 2.75) is 38.4 Å². The van der Waals surface area contributed by atoms with Crippen LogP contribution in [0.4, 0.5) is 0 Å². The van der Waals surface area contributed by atoms with Crippen molar-refractivity contribution in [2.75, 3.05) is 13.7 Å². The molecule has 158 valence electrons. The molecule has 30 heavy (non-hydrogen) atoms. The number of nitrogens with zero attached hydrogens (tertiary/aromatic N) is 2. The van der Waals surface area contributed by atoms with E-state index in [1.807, 2.05) is 25.1 Å². The molecule has 1 fully saturated rings. The summed E-state index contributed by atoms with van der Waals surface area (Å²) in [5, 5.41) is 11.4. The van der Waals surface area contributed by atoms with E-state index in [1.165, 1.54) is 17.3 Å². The minimum atomic E-state index is -0.193. The van der Waals surface area contributed by atoms with Gasteiger partial charge in [-0.15, -0.1) is 5.10 Å². The minimum absolute atomic E-state index is 0.0372. The van der Waals surface area contributed by atoms with Crippen LogP contribution >= 0.6 is 11.8 Å². The Balaban J connectivity index is 1.59. The highest BCUT2D eigenvalue weighted by molar-refractivity contribution is 8.15. The molecular weight excluding hydrogens is 398 g/mol. The molecule has 1 aliphatic rings. The molecule has 7 heteroatoms. The van der Waals surface area contributed by atoms with Crippen LogP contribution in [-0.4, -0.2) is 36.3 Å². The predicted molar refractivity (Wildman–Crippen MR) is 123 cm³/mol. The molecule has 3 rings (SSSR count). The van der Waals surface area contributed by atoms with Crippen LogP contribution in [0.2, 0.25) is 0 Å². The molecule has 1 atom stereocenters. The number of hydrogen-bond acceptors (Lipinski definition) is 6. The molecule has 1 aliphatic heterocycles. The van der Waals surface area contributed by atoms with Crippen LogP contribution in [0.3, 0.4) is 0 Å². The number of aryl methyl sites for hydroxylation is 1. The first-order valence-electron chi connectivity index (χ1n) is 10.0. The number of ether oxygens (including phenoxy) is 2. The molecule has 0 radical (unpaired) electrons. The van der Waals surface area contributed by atoms with Gasteiger partial charge in [-0.3, -0.25) is 4.79 Å². The average Bonchev–Trinajstić information content (AvgIpc) is 3.09. The van der Waals surface area contributed by atoms with Gasteiger partial charge < -0.3 is 14.8 Å². The lowest BCUT2D eigenvalue weighted by Crippen LogP contribution is -2.25. The summed E-state index contributed by atoms with van der Waals surface area (Å²) in [5.74, 6) is 1.33. The Morgan fingerprint density at radius 3 is 2.70 bits per heavy atom. The highest BCUT2D eigenvalue weighted by Gasteiger charge is 2.30. The molecule has 1 heterocycles. The predicted octanol–water partition coefficient (Wildman–Crippen LogP) is 4.35. The fraction of sp³-hybridized carbons (Fsp3) is 0.348. The van der Waals surface area contributed by atoms with Gasteiger partial charge in [0, 0.05) is 0 Å². The second-order valence-corrected chi connectivity index (χ2v) is 8.24. The van der Waals surface area contributed by atoms with Crippen LogP contribution in [0.1, 0.15) is 36.5 Å². The molecule has 2 aromatic carbocycles. The Hall–Kier alpha value is -2.80. The third kappa shape index (κ3) is 6.10. The number of thioether (sulfide) groups is 1. The van der Waals surface area contributed by atoms with Crippen LogP contribution in [0, 0.1) is 6.92 Å². The van der Waals surface area contributed by atoms with Gasteiger partial charge in [0.2, 0.25) is 5.91 Å². The van der Waals surface area contributed by atoms with Gasteiger partial charge in [-0.1, -0.05) is 54.9 Å². The van der Waals surface area contributed by atoms with E-state index < -0.39 is 0 Å². The highest BCUT2D eigenvalue weighted by Crippen LogP contribution is 2.28. The zero-order valence-electron chi connectivity index (χ0n) is 17.6. The third-order valence-electron chi connectivity index (χ3n) is 4.62. The van der Waals surface area contributed by atoms with E-state index in [4.69, 9.17) is 9.47 Å². The van der Waals surface area contributed by atoms with Gasteiger partial charge in [-0.25, -0.2) is 0 Å². The summed E-state index contributed by atoms with van der Waals surface area (Å²) in [6.45, 7) is 4.83. The van der Waals surface area contributed by atoms with Gasteiger partial charge >= 0.3 is 0 Å². The van der Waals surface area contributed by atoms with E-state index in [-0.39, 0.29) is 11.2 Å². The molecule has 0 bridgehead atoms. The van der Waals surface area contributed by atoms with Crippen molar-refractivity contribution in [1.82, 2.24) is 5.32 Å². The summed E-state index contributed by atoms with van der Waals surface area (Å²) in [7, 11) is 1.61. The Morgan fingerprint density at radius 1 is 1.17 bits per heavy atom. The van der Waals surface area contributed by atoms with Crippen molar-refractivity contribution in [3.05, 3.63) is 59.2 Å². The molecule has 0 spiro atoms. The maximum Gasteiger partial charge on any atom is 0.239 e. The molecule has 0 saturated carbocycles. The molecular formula is C23H27N3O3S. The first kappa shape index (κ1) is 21.9. The number of amides is 1. The molecule has 2 aromatic rings. The van der Waals surface area contributed by atoms with Crippen LogP contribution in [0.25, 0.3) is 0 Å². The van der Waals surface area contributed by atoms with Crippen molar-refractivity contribution in [1.29, 1.82) is 0 Å². The van der Waals surface area contributed by atoms with Crippen LogP contribution < -0.4 is 14.8 Å². The zero-order valence-corrected chi connectivity index (χ0v) is 18.4. The van der Waals surface area contributed by atoms with Crippen LogP contribution in [0.5, 0.6) is 11.5 Å². The van der Waals surface area contributed by atoms with Crippen molar-refractivity contribution < 1.29 is 14.3 Å². The molecule has 0 aliphatic carbocycles. The number of benzene rings is 2. The lowest BCUT2D eigenvalue weighted by Gasteiger charge is -2.10. The molecule has 0 aromatic heterocycles. The topological polar surface area (TPSA) is 72.3 Å². The lowest BCUT2D eigenvalue weighted by atomic mass is 10.1. The maximum absolute atomic E-state index is 12.2. The number of carbonyl (C=O) groups excluding carboxylic acids is 1. The summed E-state index contributed by atoms with van der Waals surface area (Å²) in [6, 6.07) is 13.8. The van der Waals surface area contributed by atoms with E-state index in [0.717, 1.165) is 24.0 Å². The van der Waals surface area contributed by atoms with Crippen molar-refractivity contribution >= 4 is 29.1 Å². The van der Waals surface area contributed by atoms with Crippen molar-refractivity contribution in [2.24, 2.45) is 10.2 Å². The smallest absolute Gasteiger partial charge is 0.239 e. The Bertz CT molecular complexity index is 926. The van der Waals surface area contributed by atoms with Gasteiger partial charge in [0.1, 0.15) is 0 Å². The zero-order chi connectivity index (χ0) is 21.3. The standard InChI is InChI=1S/C23H27N3O3S/c1-4-5-12-29-19-11-10-18(13-20(19)28-3)15-24-26-23-25-22(27)21(30-23)14-17-8-6-16(2)7-9-17/h6-11,13,15,21H,4-5,12,14H2,1-3H3,(H,25,26,27)/b24-15+. The first-order valence-corrected chi connectivity index (χ1v) is 10.9. The summed E-state index contributed by atoms with van der Waals surface area (Å²) < 4.78 is 11.1. The molecule has 1 N–H and O–H groups in total. The first-order chi connectivity index (χ1) is 14.6. The highest BCUT2D eigenvalue weighted by atomic mass is 32.2. The van der Waals surface area contributed by atoms with Crippen LogP contribution in [-0.2, 0) is 11.2 Å². The van der Waals surface area contributed by atoms with E-state index in [1.54, 1.807) is 13.3 Å². The van der Waals surface area contributed by atoms with Crippen molar-refractivity contribution in [3.8, 4) is 11.5 Å². The molecule has 1 amide bonds. The second-order valence-electron chi connectivity index (χ2n) is 7.05. The number of nitrogens with one attached hydrogen (secondary N) is 1. The summed E-state index contributed by atoms with van der Waals surface area (Å²) >= 11 is 1.41. The van der Waals surface area contributed by atoms with E-state index in [0.29, 0.717) is 29.7 Å². The number of hydrogen-bond donors (Lipinski definition) is 1. The van der Waals surface area contributed by atoms with Gasteiger partial charge in [-0.2, -0.15) is 5.10 Å². The summed E-state index contributed by atoms with van der Waals surface area (Å²) in [6.07, 6.45) is 4.37. The normalized spacial score (nSPS) is 17.5. The Morgan fingerprint density at radius 2 is 1.97 bits per heavy atom. The monoisotopic (exact) mass is 425 g/mol. The molecule has 1 unspecified atom stereocenters. The maximum atomic E-state index is 12.2. The summed E-state index contributed by atoms with van der Waals surface area (Å²) in [4.78, 5) is 12.2. The largest absolute Gasteiger partial charge is 0.493 e. The SMILES string of the molecule is CCCCOc1ccc(/C=N/N=C2\NC(=O)C(Cc3ccc(C)cc3)S2)cc1OC. The number of rotatable bonds is 9. The summed E-state index contributed by atoms with van der Waals surface area (Å²) in [5.41, 5.74) is 3.17. The lowest BCUT2D eigenvalue weighted by molar-refractivity contribution is -0.118. The Labute approximate surface area is 181 Å². The number of carbonyl (C=O) groups is 1. The average molecular weight is 426 g/mol. The Kier molecular flexibility index (Phi) is 7.90. The second kappa shape index (κ2) is 10.8. The number of unbranched alkanes of at least 4 members (excludes halogenated alkanes) is 1. The molecule has 1 saturated heterocycles. The minimum Gasteiger partial charge on any atom is -0.493 e. The fourth-order valence-corrected chi connectivity index (χ4v) is 3.85. The molecule has 6 nitrogen and oxygen atoms in total.